The van der Waals surface area contributed by atoms with Gasteiger partial charge in [0.1, 0.15) is 0 Å². The smallest absolute Gasteiger partial charge is 0.248 e. The van der Waals surface area contributed by atoms with Crippen molar-refractivity contribution >= 4 is 57.8 Å². The highest BCUT2D eigenvalue weighted by atomic mass is 35.5. The van der Waals surface area contributed by atoms with Crippen LogP contribution in [0.2, 0.25) is 15.1 Å². The number of carbonyl (C=O) groups is 1. The zero-order chi connectivity index (χ0) is 23.8. The first-order chi connectivity index (χ1) is 16.4. The topological polar surface area (TPSA) is 26.8 Å². The summed E-state index contributed by atoms with van der Waals surface area (Å²) in [4.78, 5) is 20.4. The molecule has 4 nitrogen and oxygen atoms in total. The van der Waals surface area contributed by atoms with Crippen LogP contribution in [0.3, 0.4) is 0 Å². The maximum atomic E-state index is 14.0. The Hall–Kier alpha value is -2.24. The molecule has 0 bridgehead atoms. The van der Waals surface area contributed by atoms with Crippen molar-refractivity contribution < 1.29 is 4.79 Å². The molecule has 5 rings (SSSR count). The third kappa shape index (κ3) is 4.40. The standard InChI is InChI=1S/C27H26Cl3N3O/c1-18(31-13-15-32(16-14-31)24-8-4-6-22(29)26(24)30)27(34)33-23-7-3-2-5-19(23)9-10-20-11-12-21(28)17-25(20)33/h2-8,11-12,17-18H,9-10,13-16H2,1H3. The number of aryl methyl sites for hydroxylation is 2. The predicted octanol–water partition coefficient (Wildman–Crippen LogP) is 6.62. The summed E-state index contributed by atoms with van der Waals surface area (Å²) in [6.07, 6.45) is 1.77. The Kier molecular flexibility index (Phi) is 6.76. The molecule has 2 aliphatic rings. The summed E-state index contributed by atoms with van der Waals surface area (Å²) in [5.41, 5.74) is 5.10. The third-order valence-electron chi connectivity index (χ3n) is 6.90. The van der Waals surface area contributed by atoms with Gasteiger partial charge in [0.05, 0.1) is 33.1 Å². The maximum Gasteiger partial charge on any atom is 0.248 e. The van der Waals surface area contributed by atoms with Crippen molar-refractivity contribution in [2.24, 2.45) is 0 Å². The van der Waals surface area contributed by atoms with Crippen molar-refractivity contribution in [3.8, 4) is 0 Å². The lowest BCUT2D eigenvalue weighted by Gasteiger charge is -2.40. The molecular formula is C27H26Cl3N3O. The van der Waals surface area contributed by atoms with Crippen molar-refractivity contribution in [1.82, 2.24) is 4.90 Å². The molecule has 0 aromatic heterocycles. The van der Waals surface area contributed by atoms with Crippen LogP contribution in [0.5, 0.6) is 0 Å². The molecule has 1 unspecified atom stereocenters. The van der Waals surface area contributed by atoms with Crippen LogP contribution in [-0.4, -0.2) is 43.0 Å². The van der Waals surface area contributed by atoms with Crippen LogP contribution < -0.4 is 9.80 Å². The summed E-state index contributed by atoms with van der Waals surface area (Å²) >= 11 is 19.0. The van der Waals surface area contributed by atoms with E-state index in [1.54, 1.807) is 6.07 Å². The van der Waals surface area contributed by atoms with Crippen molar-refractivity contribution in [1.29, 1.82) is 0 Å². The average Bonchev–Trinajstić information content (AvgIpc) is 3.01. The number of fused-ring (bicyclic) bond motifs is 2. The molecule has 3 aromatic rings. The van der Waals surface area contributed by atoms with Gasteiger partial charge in [0, 0.05) is 31.2 Å². The lowest BCUT2D eigenvalue weighted by atomic mass is 10.0. The van der Waals surface area contributed by atoms with Gasteiger partial charge in [-0.2, -0.15) is 0 Å². The van der Waals surface area contributed by atoms with Gasteiger partial charge >= 0.3 is 0 Å². The highest BCUT2D eigenvalue weighted by molar-refractivity contribution is 6.43. The van der Waals surface area contributed by atoms with Gasteiger partial charge in [-0.15, -0.1) is 0 Å². The van der Waals surface area contributed by atoms with Gasteiger partial charge in [0.15, 0.2) is 0 Å². The van der Waals surface area contributed by atoms with Gasteiger partial charge in [-0.25, -0.2) is 0 Å². The van der Waals surface area contributed by atoms with E-state index in [1.807, 2.05) is 60.4 Å². The molecule has 3 aromatic carbocycles. The minimum absolute atomic E-state index is 0.0621. The first-order valence-corrected chi connectivity index (χ1v) is 12.7. The molecule has 0 radical (unpaired) electrons. The van der Waals surface area contributed by atoms with Gasteiger partial charge in [0.25, 0.3) is 0 Å². The molecule has 1 atom stereocenters. The Labute approximate surface area is 215 Å². The Morgan fingerprint density at radius 2 is 1.47 bits per heavy atom. The van der Waals surface area contributed by atoms with E-state index in [1.165, 1.54) is 5.56 Å². The van der Waals surface area contributed by atoms with Crippen LogP contribution in [0.4, 0.5) is 17.1 Å². The molecule has 0 spiro atoms. The molecule has 0 N–H and O–H groups in total. The molecule has 1 fully saturated rings. The number of rotatable bonds is 3. The van der Waals surface area contributed by atoms with Crippen molar-refractivity contribution in [3.05, 3.63) is 86.9 Å². The van der Waals surface area contributed by atoms with E-state index in [2.05, 4.69) is 15.9 Å². The van der Waals surface area contributed by atoms with E-state index in [4.69, 9.17) is 34.8 Å². The number of piperazine rings is 1. The summed E-state index contributed by atoms with van der Waals surface area (Å²) in [7, 11) is 0. The molecule has 0 aliphatic carbocycles. The summed E-state index contributed by atoms with van der Waals surface area (Å²) in [5, 5.41) is 1.77. The Morgan fingerprint density at radius 3 is 2.24 bits per heavy atom. The normalized spacial score (nSPS) is 17.1. The molecular weight excluding hydrogens is 489 g/mol. The maximum absolute atomic E-state index is 14.0. The van der Waals surface area contributed by atoms with E-state index < -0.39 is 0 Å². The predicted molar refractivity (Wildman–Crippen MR) is 142 cm³/mol. The SMILES string of the molecule is CC(C(=O)N1c2ccccc2CCc2ccc(Cl)cc21)N1CCN(c2cccc(Cl)c2Cl)CC1. The summed E-state index contributed by atoms with van der Waals surface area (Å²) in [5.74, 6) is 0.0621. The fourth-order valence-corrected chi connectivity index (χ4v) is 5.54. The highest BCUT2D eigenvalue weighted by Gasteiger charge is 2.33. The minimum atomic E-state index is -0.282. The fraction of sp³-hybridized carbons (Fsp3) is 0.296. The number of benzene rings is 3. The zero-order valence-corrected chi connectivity index (χ0v) is 21.2. The van der Waals surface area contributed by atoms with Crippen LogP contribution in [0.1, 0.15) is 18.1 Å². The van der Waals surface area contributed by atoms with E-state index in [0.29, 0.717) is 15.1 Å². The second kappa shape index (κ2) is 9.79. The number of halogens is 3. The Morgan fingerprint density at radius 1 is 0.794 bits per heavy atom. The Balaban J connectivity index is 1.40. The quantitative estimate of drug-likeness (QED) is 0.393. The summed E-state index contributed by atoms with van der Waals surface area (Å²) in [6.45, 7) is 5.07. The largest absolute Gasteiger partial charge is 0.368 e. The van der Waals surface area contributed by atoms with Crippen LogP contribution in [-0.2, 0) is 17.6 Å². The molecule has 1 saturated heterocycles. The number of nitrogens with zero attached hydrogens (tertiary/aromatic N) is 3. The van der Waals surface area contributed by atoms with Gasteiger partial charge in [-0.3, -0.25) is 14.6 Å². The second-order valence-electron chi connectivity index (χ2n) is 8.85. The van der Waals surface area contributed by atoms with Crippen LogP contribution in [0.15, 0.2) is 60.7 Å². The summed E-state index contributed by atoms with van der Waals surface area (Å²) < 4.78 is 0. The van der Waals surface area contributed by atoms with Crippen molar-refractivity contribution in [2.75, 3.05) is 36.0 Å². The number of carbonyl (C=O) groups excluding carboxylic acids is 1. The third-order valence-corrected chi connectivity index (χ3v) is 7.94. The monoisotopic (exact) mass is 513 g/mol. The first-order valence-electron chi connectivity index (χ1n) is 11.6. The number of hydrogen-bond acceptors (Lipinski definition) is 3. The van der Waals surface area contributed by atoms with E-state index in [0.717, 1.165) is 61.6 Å². The van der Waals surface area contributed by atoms with Crippen molar-refractivity contribution in [2.45, 2.75) is 25.8 Å². The first kappa shape index (κ1) is 23.5. The van der Waals surface area contributed by atoms with E-state index in [-0.39, 0.29) is 11.9 Å². The van der Waals surface area contributed by atoms with Crippen LogP contribution >= 0.6 is 34.8 Å². The number of hydrogen-bond donors (Lipinski definition) is 0. The van der Waals surface area contributed by atoms with E-state index >= 15 is 0 Å². The Bertz CT molecular complexity index is 1220. The van der Waals surface area contributed by atoms with Crippen LogP contribution in [0.25, 0.3) is 0 Å². The molecule has 2 heterocycles. The van der Waals surface area contributed by atoms with Crippen LogP contribution in [0, 0.1) is 0 Å². The zero-order valence-electron chi connectivity index (χ0n) is 19.0. The van der Waals surface area contributed by atoms with Gasteiger partial charge < -0.3 is 4.90 Å². The second-order valence-corrected chi connectivity index (χ2v) is 10.1. The molecule has 2 aliphatic heterocycles. The molecule has 34 heavy (non-hydrogen) atoms. The number of para-hydroxylation sites is 1. The fourth-order valence-electron chi connectivity index (χ4n) is 4.96. The van der Waals surface area contributed by atoms with Gasteiger partial charge in [0.2, 0.25) is 5.91 Å². The molecule has 1 amide bonds. The average molecular weight is 515 g/mol. The lowest BCUT2D eigenvalue weighted by molar-refractivity contribution is -0.122. The summed E-state index contributed by atoms with van der Waals surface area (Å²) in [6, 6.07) is 19.5. The van der Waals surface area contributed by atoms with E-state index in [9.17, 15) is 4.79 Å². The van der Waals surface area contributed by atoms with Crippen molar-refractivity contribution in [3.63, 3.8) is 0 Å². The van der Waals surface area contributed by atoms with Gasteiger partial charge in [-0.1, -0.05) is 65.1 Å². The molecule has 176 valence electrons. The molecule has 7 heteroatoms. The highest BCUT2D eigenvalue weighted by Crippen LogP contribution is 2.38. The number of amides is 1. The number of anilines is 3. The minimum Gasteiger partial charge on any atom is -0.368 e. The van der Waals surface area contributed by atoms with Gasteiger partial charge in [-0.05, 0) is 61.2 Å². The molecule has 0 saturated carbocycles. The lowest BCUT2D eigenvalue weighted by Crippen LogP contribution is -2.54.